The molecule has 0 radical (unpaired) electrons. The molecule has 0 saturated carbocycles. The van der Waals surface area contributed by atoms with E-state index in [2.05, 4.69) is 24.4 Å². The quantitative estimate of drug-likeness (QED) is 0.149. The summed E-state index contributed by atoms with van der Waals surface area (Å²) in [7, 11) is 0. The van der Waals surface area contributed by atoms with E-state index in [1.165, 1.54) is 109 Å². The Hall–Kier alpha value is -0.830. The smallest absolute Gasteiger partial charge is 0.217 e. The average Bonchev–Trinajstić information content (AvgIpc) is 3.52. The van der Waals surface area contributed by atoms with E-state index in [1.54, 1.807) is 0 Å². The highest BCUT2D eigenvalue weighted by Gasteiger charge is 1.95. The molecule has 0 aromatic carbocycles. The summed E-state index contributed by atoms with van der Waals surface area (Å²) in [6.45, 7) is 4.78. The summed E-state index contributed by atoms with van der Waals surface area (Å²) >= 11 is 0. The van der Waals surface area contributed by atoms with Crippen molar-refractivity contribution in [3.8, 4) is 0 Å². The molecule has 27 heavy (non-hydrogen) atoms. The van der Waals surface area contributed by atoms with Crippen molar-refractivity contribution < 1.29 is 4.79 Å². The zero-order valence-electron chi connectivity index (χ0n) is 18.3. The van der Waals surface area contributed by atoms with Gasteiger partial charge in [0.25, 0.3) is 0 Å². The minimum Gasteiger partial charge on any atom is -0.370 e. The van der Waals surface area contributed by atoms with Crippen molar-refractivity contribution >= 4 is 5.91 Å². The largest absolute Gasteiger partial charge is 0.370 e. The fraction of sp³-hybridized carbons (Fsp3) is 0.875. The number of primary amides is 1. The SMILES string of the molecule is C1CN1.CCCCCCCC/C=C\CCCCCCCCCCCC(N)=O. The summed E-state index contributed by atoms with van der Waals surface area (Å²) < 4.78 is 0. The number of carbonyl (C=O) groups is 1. The third kappa shape index (κ3) is 30.2. The minimum atomic E-state index is -0.156. The first-order valence-electron chi connectivity index (χ1n) is 11.9. The van der Waals surface area contributed by atoms with Crippen molar-refractivity contribution in [2.45, 2.75) is 122 Å². The standard InChI is InChI=1S/C22H43NO.C2H5N/c1-2-3-4-5-6-7-8-9-10-11-12-13-14-15-16-17-18-19-20-21-22(23)24;1-2-3-1/h9-10H,2-8,11-21H2,1H3,(H2,23,24);3H,1-2H2/b10-9-;. The van der Waals surface area contributed by atoms with Gasteiger partial charge in [-0.15, -0.1) is 0 Å². The van der Waals surface area contributed by atoms with Crippen molar-refractivity contribution in [1.29, 1.82) is 0 Å². The number of hydrogen-bond donors (Lipinski definition) is 2. The van der Waals surface area contributed by atoms with Crippen molar-refractivity contribution in [1.82, 2.24) is 5.32 Å². The fourth-order valence-corrected chi connectivity index (χ4v) is 3.08. The van der Waals surface area contributed by atoms with Crippen LogP contribution in [-0.4, -0.2) is 19.0 Å². The molecule has 3 heteroatoms. The molecule has 0 aliphatic carbocycles. The Balaban J connectivity index is 0.00000203. The summed E-state index contributed by atoms with van der Waals surface area (Å²) in [5, 5.41) is 3.00. The maximum atomic E-state index is 10.6. The number of nitrogens with two attached hydrogens (primary N) is 1. The van der Waals surface area contributed by atoms with Crippen LogP contribution in [0.25, 0.3) is 0 Å². The molecule has 1 aliphatic heterocycles. The van der Waals surface area contributed by atoms with Gasteiger partial charge in [-0.05, 0) is 32.1 Å². The normalized spacial score (nSPS) is 12.8. The van der Waals surface area contributed by atoms with Crippen LogP contribution in [0.4, 0.5) is 0 Å². The van der Waals surface area contributed by atoms with Gasteiger partial charge in [0.1, 0.15) is 0 Å². The van der Waals surface area contributed by atoms with Crippen LogP contribution >= 0.6 is 0 Å². The molecular formula is C24H48N2O. The minimum absolute atomic E-state index is 0.156. The van der Waals surface area contributed by atoms with E-state index in [0.29, 0.717) is 6.42 Å². The molecule has 0 aromatic rings. The van der Waals surface area contributed by atoms with Crippen molar-refractivity contribution in [3.05, 3.63) is 12.2 Å². The number of rotatable bonds is 19. The molecule has 3 nitrogen and oxygen atoms in total. The van der Waals surface area contributed by atoms with E-state index in [-0.39, 0.29) is 5.91 Å². The number of nitrogens with one attached hydrogen (secondary N) is 1. The predicted octanol–water partition coefficient (Wildman–Crippen LogP) is 6.66. The lowest BCUT2D eigenvalue weighted by atomic mass is 10.1. The summed E-state index contributed by atoms with van der Waals surface area (Å²) in [4.78, 5) is 10.6. The highest BCUT2D eigenvalue weighted by atomic mass is 16.1. The predicted molar refractivity (Wildman–Crippen MR) is 120 cm³/mol. The Kier molecular flexibility index (Phi) is 22.5. The van der Waals surface area contributed by atoms with Gasteiger partial charge in [0, 0.05) is 19.5 Å². The lowest BCUT2D eigenvalue weighted by Crippen LogP contribution is -2.09. The van der Waals surface area contributed by atoms with Gasteiger partial charge in [-0.3, -0.25) is 4.79 Å². The van der Waals surface area contributed by atoms with Gasteiger partial charge in [-0.25, -0.2) is 0 Å². The lowest BCUT2D eigenvalue weighted by molar-refractivity contribution is -0.118. The maximum Gasteiger partial charge on any atom is 0.217 e. The van der Waals surface area contributed by atoms with Gasteiger partial charge < -0.3 is 11.1 Å². The van der Waals surface area contributed by atoms with Crippen molar-refractivity contribution in [2.24, 2.45) is 5.73 Å². The van der Waals surface area contributed by atoms with Gasteiger partial charge in [0.2, 0.25) is 5.91 Å². The summed E-state index contributed by atoms with van der Waals surface area (Å²) in [5.74, 6) is -0.156. The summed E-state index contributed by atoms with van der Waals surface area (Å²) in [6, 6.07) is 0. The Bertz CT molecular complexity index is 324. The Labute approximate surface area is 169 Å². The number of carbonyl (C=O) groups excluding carboxylic acids is 1. The topological polar surface area (TPSA) is 65.0 Å². The molecule has 1 fully saturated rings. The van der Waals surface area contributed by atoms with Gasteiger partial charge in [0.15, 0.2) is 0 Å². The van der Waals surface area contributed by atoms with Gasteiger partial charge in [-0.2, -0.15) is 0 Å². The third-order valence-corrected chi connectivity index (χ3v) is 4.93. The van der Waals surface area contributed by atoms with E-state index < -0.39 is 0 Å². The molecule has 0 aromatic heterocycles. The number of amides is 1. The number of hydrogen-bond acceptors (Lipinski definition) is 2. The Morgan fingerprint density at radius 3 is 1.44 bits per heavy atom. The van der Waals surface area contributed by atoms with Gasteiger partial charge in [-0.1, -0.05) is 96.1 Å². The third-order valence-electron chi connectivity index (χ3n) is 4.93. The molecule has 1 heterocycles. The second-order valence-electron chi connectivity index (χ2n) is 7.96. The van der Waals surface area contributed by atoms with Crippen LogP contribution in [0.5, 0.6) is 0 Å². The van der Waals surface area contributed by atoms with E-state index in [1.807, 2.05) is 0 Å². The van der Waals surface area contributed by atoms with E-state index >= 15 is 0 Å². The number of allylic oxidation sites excluding steroid dienone is 2. The molecular weight excluding hydrogens is 332 g/mol. The van der Waals surface area contributed by atoms with Crippen LogP contribution in [0.3, 0.4) is 0 Å². The van der Waals surface area contributed by atoms with Gasteiger partial charge in [0.05, 0.1) is 0 Å². The van der Waals surface area contributed by atoms with E-state index in [4.69, 9.17) is 5.73 Å². The highest BCUT2D eigenvalue weighted by molar-refractivity contribution is 5.73. The van der Waals surface area contributed by atoms with Crippen LogP contribution in [0, 0.1) is 0 Å². The molecule has 0 atom stereocenters. The zero-order chi connectivity index (χ0) is 19.8. The molecule has 1 saturated heterocycles. The molecule has 0 spiro atoms. The second kappa shape index (κ2) is 23.2. The zero-order valence-corrected chi connectivity index (χ0v) is 18.3. The van der Waals surface area contributed by atoms with Crippen LogP contribution in [0.2, 0.25) is 0 Å². The molecule has 0 unspecified atom stereocenters. The van der Waals surface area contributed by atoms with Crippen LogP contribution in [0.15, 0.2) is 12.2 Å². The van der Waals surface area contributed by atoms with Crippen molar-refractivity contribution in [3.63, 3.8) is 0 Å². The van der Waals surface area contributed by atoms with E-state index in [9.17, 15) is 4.79 Å². The lowest BCUT2D eigenvalue weighted by Gasteiger charge is -2.01. The first-order chi connectivity index (χ1) is 13.3. The molecule has 1 rings (SSSR count). The summed E-state index contributed by atoms with van der Waals surface area (Å²) in [5.41, 5.74) is 5.13. The van der Waals surface area contributed by atoms with Crippen LogP contribution in [-0.2, 0) is 4.79 Å². The highest BCUT2D eigenvalue weighted by Crippen LogP contribution is 2.12. The molecule has 1 aliphatic rings. The fourth-order valence-electron chi connectivity index (χ4n) is 3.08. The first-order valence-corrected chi connectivity index (χ1v) is 11.9. The van der Waals surface area contributed by atoms with Crippen LogP contribution in [0.1, 0.15) is 122 Å². The first kappa shape index (κ1) is 26.2. The Morgan fingerprint density at radius 2 is 1.07 bits per heavy atom. The average molecular weight is 381 g/mol. The summed E-state index contributed by atoms with van der Waals surface area (Å²) in [6.07, 6.45) is 27.8. The maximum absolute atomic E-state index is 10.6. The van der Waals surface area contributed by atoms with Crippen LogP contribution < -0.4 is 11.1 Å². The molecule has 160 valence electrons. The van der Waals surface area contributed by atoms with E-state index in [0.717, 1.165) is 12.8 Å². The van der Waals surface area contributed by atoms with Gasteiger partial charge >= 0.3 is 0 Å². The van der Waals surface area contributed by atoms with Crippen molar-refractivity contribution in [2.75, 3.05) is 13.1 Å². The molecule has 3 N–H and O–H groups in total. The molecule has 1 amide bonds. The molecule has 0 bridgehead atoms. The Morgan fingerprint density at radius 1 is 0.704 bits per heavy atom. The monoisotopic (exact) mass is 380 g/mol. The number of unbranched alkanes of at least 4 members (excludes halogenated alkanes) is 15. The second-order valence-corrected chi connectivity index (χ2v) is 7.96.